The summed E-state index contributed by atoms with van der Waals surface area (Å²) in [5, 5.41) is 12.9. The molecule has 1 saturated heterocycles. The molecule has 11 nitrogen and oxygen atoms in total. The average molecular weight is 534 g/mol. The number of likely N-dealkylation sites (N-methyl/N-ethyl adjacent to an activating group) is 3. The summed E-state index contributed by atoms with van der Waals surface area (Å²) in [5.74, 6) is -3.50. The van der Waals surface area contributed by atoms with Crippen LogP contribution in [-0.2, 0) is 30.5 Å². The van der Waals surface area contributed by atoms with Crippen molar-refractivity contribution in [1.82, 2.24) is 20.0 Å². The molecule has 0 radical (unpaired) electrons. The van der Waals surface area contributed by atoms with E-state index in [0.29, 0.717) is 30.5 Å². The highest BCUT2D eigenvalue weighted by molar-refractivity contribution is 6.35. The standard InChI is InChI=1S/C26H36FN5O6/c1-16-12-17(8-9-18(16)27)13-28-23(35)21(20(34)14-33)29-22-19(32(6)25(37)24(36)30(3)4)10-11-26(2,38-7)15-31(22)5/h8-9,12,14,19,34H,10-11,13,15H2,1-7H3,(H,28,35)/b21-20+,29-22?. The van der Waals surface area contributed by atoms with Gasteiger partial charge in [0.05, 0.1) is 11.6 Å². The molecule has 1 aliphatic heterocycles. The number of aryl methyl sites for hydroxylation is 1. The molecule has 38 heavy (non-hydrogen) atoms. The maximum Gasteiger partial charge on any atom is 0.312 e. The molecule has 2 rings (SSSR count). The van der Waals surface area contributed by atoms with Crippen LogP contribution < -0.4 is 5.32 Å². The van der Waals surface area contributed by atoms with Crippen LogP contribution in [0.15, 0.2) is 34.6 Å². The van der Waals surface area contributed by atoms with E-state index in [1.54, 1.807) is 32.0 Å². The summed E-state index contributed by atoms with van der Waals surface area (Å²) < 4.78 is 19.3. The van der Waals surface area contributed by atoms with Crippen LogP contribution in [0.5, 0.6) is 0 Å². The van der Waals surface area contributed by atoms with Gasteiger partial charge in [0, 0.05) is 48.4 Å². The zero-order valence-corrected chi connectivity index (χ0v) is 22.9. The zero-order chi connectivity index (χ0) is 28.8. The van der Waals surface area contributed by atoms with Gasteiger partial charge >= 0.3 is 11.8 Å². The highest BCUT2D eigenvalue weighted by Gasteiger charge is 2.39. The van der Waals surface area contributed by atoms with E-state index in [4.69, 9.17) is 4.74 Å². The minimum absolute atomic E-state index is 0.0167. The number of hydrogen-bond acceptors (Lipinski definition) is 7. The molecule has 1 aromatic rings. The smallest absolute Gasteiger partial charge is 0.312 e. The van der Waals surface area contributed by atoms with E-state index in [1.807, 2.05) is 6.92 Å². The third-order valence-electron chi connectivity index (χ3n) is 6.55. The summed E-state index contributed by atoms with van der Waals surface area (Å²) in [6.07, 6.45) is 0.901. The molecule has 2 atom stereocenters. The minimum atomic E-state index is -0.908. The Balaban J connectivity index is 2.50. The van der Waals surface area contributed by atoms with E-state index < -0.39 is 40.8 Å². The molecule has 1 aliphatic rings. The Morgan fingerprint density at radius 2 is 1.95 bits per heavy atom. The molecule has 0 bridgehead atoms. The Hall–Kier alpha value is -3.80. The van der Waals surface area contributed by atoms with Crippen LogP contribution in [0.4, 0.5) is 4.39 Å². The van der Waals surface area contributed by atoms with Crippen LogP contribution in [-0.4, -0.2) is 103 Å². The van der Waals surface area contributed by atoms with Crippen LogP contribution >= 0.6 is 0 Å². The fraction of sp³-hybridized carbons (Fsp3) is 0.500. The number of aliphatic hydroxyl groups is 1. The van der Waals surface area contributed by atoms with Gasteiger partial charge in [-0.25, -0.2) is 9.38 Å². The lowest BCUT2D eigenvalue weighted by atomic mass is 9.98. The number of nitrogens with zero attached hydrogens (tertiary/aromatic N) is 4. The van der Waals surface area contributed by atoms with Gasteiger partial charge in [-0.2, -0.15) is 0 Å². The lowest BCUT2D eigenvalue weighted by molar-refractivity contribution is -0.150. The van der Waals surface area contributed by atoms with Gasteiger partial charge in [-0.1, -0.05) is 12.1 Å². The zero-order valence-electron chi connectivity index (χ0n) is 22.9. The molecule has 0 saturated carbocycles. The quantitative estimate of drug-likeness (QED) is 0.233. The van der Waals surface area contributed by atoms with Crippen molar-refractivity contribution in [1.29, 1.82) is 0 Å². The number of hydrogen-bond donors (Lipinski definition) is 2. The topological polar surface area (TPSA) is 132 Å². The van der Waals surface area contributed by atoms with Crippen molar-refractivity contribution in [2.24, 2.45) is 4.99 Å². The number of benzene rings is 1. The fourth-order valence-electron chi connectivity index (χ4n) is 4.14. The van der Waals surface area contributed by atoms with Gasteiger partial charge in [0.25, 0.3) is 5.91 Å². The third-order valence-corrected chi connectivity index (χ3v) is 6.55. The normalized spacial score (nSPS) is 21.3. The van der Waals surface area contributed by atoms with E-state index in [-0.39, 0.29) is 24.5 Å². The van der Waals surface area contributed by atoms with Crippen molar-refractivity contribution in [3.63, 3.8) is 0 Å². The molecule has 3 amide bonds. The van der Waals surface area contributed by atoms with Crippen molar-refractivity contribution in [3.8, 4) is 0 Å². The molecule has 208 valence electrons. The number of aliphatic imine (C=N–C) groups is 1. The van der Waals surface area contributed by atoms with Gasteiger partial charge in [0.1, 0.15) is 11.7 Å². The highest BCUT2D eigenvalue weighted by Crippen LogP contribution is 2.27. The number of carbonyl (C=O) groups excluding carboxylic acids is 4. The number of amides is 3. The van der Waals surface area contributed by atoms with Crippen LogP contribution in [0.1, 0.15) is 30.9 Å². The van der Waals surface area contributed by atoms with Gasteiger partial charge in [-0.15, -0.1) is 0 Å². The first-order valence-corrected chi connectivity index (χ1v) is 12.0. The molecular formula is C26H36FN5O6. The molecule has 12 heteroatoms. The lowest BCUT2D eigenvalue weighted by Crippen LogP contribution is -2.51. The highest BCUT2D eigenvalue weighted by atomic mass is 19.1. The van der Waals surface area contributed by atoms with E-state index in [0.717, 1.165) is 4.90 Å². The van der Waals surface area contributed by atoms with Gasteiger partial charge in [0.15, 0.2) is 17.7 Å². The number of aldehydes is 1. The van der Waals surface area contributed by atoms with E-state index in [9.17, 15) is 28.7 Å². The number of rotatable bonds is 7. The van der Waals surface area contributed by atoms with Crippen molar-refractivity contribution in [2.45, 2.75) is 44.9 Å². The van der Waals surface area contributed by atoms with Gasteiger partial charge in [0.2, 0.25) is 0 Å². The molecule has 0 spiro atoms. The van der Waals surface area contributed by atoms with E-state index in [1.165, 1.54) is 38.2 Å². The number of carbonyl (C=O) groups is 4. The number of ether oxygens (including phenoxy) is 1. The van der Waals surface area contributed by atoms with Crippen molar-refractivity contribution in [3.05, 3.63) is 46.6 Å². The van der Waals surface area contributed by atoms with Gasteiger partial charge < -0.3 is 29.9 Å². The predicted octanol–water partition coefficient (Wildman–Crippen LogP) is 1.16. The first kappa shape index (κ1) is 30.4. The Bertz CT molecular complexity index is 1150. The second-order valence-electron chi connectivity index (χ2n) is 9.77. The molecular weight excluding hydrogens is 497 g/mol. The number of amidine groups is 1. The first-order chi connectivity index (χ1) is 17.7. The Morgan fingerprint density at radius 3 is 2.50 bits per heavy atom. The van der Waals surface area contributed by atoms with Gasteiger partial charge in [-0.3, -0.25) is 19.2 Å². The molecule has 1 aromatic carbocycles. The number of halogens is 1. The third kappa shape index (κ3) is 7.15. The number of allylic oxidation sites excluding steroid dienone is 1. The Labute approximate surface area is 221 Å². The van der Waals surface area contributed by atoms with E-state index >= 15 is 0 Å². The molecule has 2 unspecified atom stereocenters. The minimum Gasteiger partial charge on any atom is -0.503 e. The first-order valence-electron chi connectivity index (χ1n) is 12.0. The maximum atomic E-state index is 13.6. The molecule has 1 heterocycles. The van der Waals surface area contributed by atoms with Crippen LogP contribution in [0, 0.1) is 12.7 Å². The van der Waals surface area contributed by atoms with Crippen LogP contribution in [0.25, 0.3) is 0 Å². The Kier molecular flexibility index (Phi) is 10.1. The van der Waals surface area contributed by atoms with Gasteiger partial charge in [-0.05, 0) is 43.9 Å². The molecule has 2 N–H and O–H groups in total. The molecule has 0 aliphatic carbocycles. The fourth-order valence-corrected chi connectivity index (χ4v) is 4.14. The van der Waals surface area contributed by atoms with Crippen LogP contribution in [0.3, 0.4) is 0 Å². The summed E-state index contributed by atoms with van der Waals surface area (Å²) in [7, 11) is 7.60. The summed E-state index contributed by atoms with van der Waals surface area (Å²) in [5.41, 5.74) is -0.208. The number of methoxy groups -OCH3 is 1. The van der Waals surface area contributed by atoms with Crippen molar-refractivity contribution < 1.29 is 33.4 Å². The summed E-state index contributed by atoms with van der Waals surface area (Å²) >= 11 is 0. The number of nitrogens with one attached hydrogen (secondary N) is 1. The summed E-state index contributed by atoms with van der Waals surface area (Å²) in [6.45, 7) is 3.77. The second kappa shape index (κ2) is 12.6. The maximum absolute atomic E-state index is 13.6. The van der Waals surface area contributed by atoms with Crippen LogP contribution in [0.2, 0.25) is 0 Å². The number of aliphatic hydroxyl groups excluding tert-OH is 1. The SMILES string of the molecule is COC1(C)CCC(N(C)C(=O)C(=O)N(C)C)C(=N/C(C(=O)NCc2ccc(F)c(C)c2)=C(/O)C=O)N(C)C1. The second-order valence-corrected chi connectivity index (χ2v) is 9.77. The molecule has 0 aromatic heterocycles. The predicted molar refractivity (Wildman–Crippen MR) is 139 cm³/mol. The Morgan fingerprint density at radius 1 is 1.29 bits per heavy atom. The number of likely N-dealkylation sites (tertiary alicyclic amines) is 1. The van der Waals surface area contributed by atoms with E-state index in [2.05, 4.69) is 10.3 Å². The monoisotopic (exact) mass is 533 g/mol. The van der Waals surface area contributed by atoms with Crippen molar-refractivity contribution in [2.75, 3.05) is 41.8 Å². The molecule has 1 fully saturated rings. The largest absolute Gasteiger partial charge is 0.503 e. The summed E-state index contributed by atoms with van der Waals surface area (Å²) in [6, 6.07) is 3.56. The lowest BCUT2D eigenvalue weighted by Gasteiger charge is -2.33. The summed E-state index contributed by atoms with van der Waals surface area (Å²) in [4.78, 5) is 58.3. The van der Waals surface area contributed by atoms with Crippen molar-refractivity contribution >= 4 is 29.8 Å². The average Bonchev–Trinajstić information content (AvgIpc) is 3.01.